The Labute approximate surface area is 187 Å². The number of rotatable bonds is 6. The third kappa shape index (κ3) is 4.08. The molecule has 32 heavy (non-hydrogen) atoms. The summed E-state index contributed by atoms with van der Waals surface area (Å²) < 4.78 is 32.7. The summed E-state index contributed by atoms with van der Waals surface area (Å²) in [6, 6.07) is 13.3. The number of para-hydroxylation sites is 1. The minimum atomic E-state index is -3.20. The number of sulfone groups is 1. The second-order valence-electron chi connectivity index (χ2n) is 8.05. The molecule has 0 fully saturated rings. The fourth-order valence-electron chi connectivity index (χ4n) is 3.94. The number of nitrogens with one attached hydrogen (secondary N) is 1. The number of benzene rings is 2. The van der Waals surface area contributed by atoms with Gasteiger partial charge in [0.2, 0.25) is 0 Å². The Morgan fingerprint density at radius 2 is 1.72 bits per heavy atom. The molecule has 0 saturated heterocycles. The van der Waals surface area contributed by atoms with Crippen LogP contribution < -0.4 is 10.3 Å². The molecule has 0 aliphatic rings. The zero-order valence-corrected chi connectivity index (χ0v) is 19.4. The van der Waals surface area contributed by atoms with E-state index in [0.29, 0.717) is 16.8 Å². The molecular weight excluding hydrogens is 424 g/mol. The summed E-state index contributed by atoms with van der Waals surface area (Å²) in [4.78, 5) is 15.1. The summed E-state index contributed by atoms with van der Waals surface area (Å²) in [6.07, 6.45) is 3.38. The van der Waals surface area contributed by atoms with E-state index >= 15 is 0 Å². The highest BCUT2D eigenvalue weighted by Gasteiger charge is 2.18. The van der Waals surface area contributed by atoms with Crippen molar-refractivity contribution in [3.05, 3.63) is 87.5 Å². The van der Waals surface area contributed by atoms with Gasteiger partial charge >= 0.3 is 0 Å². The Morgan fingerprint density at radius 1 is 1.00 bits per heavy atom. The lowest BCUT2D eigenvalue weighted by molar-refractivity contribution is 0.476. The smallest absolute Gasteiger partial charge is 0.272 e. The topological polar surface area (TPSA) is 80.6 Å². The molecule has 0 aliphatic carbocycles. The van der Waals surface area contributed by atoms with Crippen molar-refractivity contribution in [3.63, 3.8) is 0 Å². The van der Waals surface area contributed by atoms with E-state index in [-0.39, 0.29) is 17.1 Å². The van der Waals surface area contributed by atoms with Gasteiger partial charge < -0.3 is 14.1 Å². The van der Waals surface area contributed by atoms with Crippen LogP contribution in [-0.4, -0.2) is 23.6 Å². The first-order chi connectivity index (χ1) is 15.2. The zero-order valence-electron chi connectivity index (χ0n) is 18.6. The number of nitrogens with zero attached hydrogens (tertiary/aromatic N) is 1. The van der Waals surface area contributed by atoms with Crippen molar-refractivity contribution >= 4 is 15.4 Å². The van der Waals surface area contributed by atoms with Gasteiger partial charge in [-0.3, -0.25) is 4.79 Å². The lowest BCUT2D eigenvalue weighted by Gasteiger charge is -2.16. The predicted octanol–water partition coefficient (Wildman–Crippen LogP) is 4.95. The quantitative estimate of drug-likeness (QED) is 0.451. The van der Waals surface area contributed by atoms with E-state index < -0.39 is 9.84 Å². The molecule has 7 heteroatoms. The molecule has 0 radical (unpaired) electrons. The van der Waals surface area contributed by atoms with Crippen molar-refractivity contribution in [3.8, 4) is 22.8 Å². The molecule has 166 valence electrons. The van der Waals surface area contributed by atoms with E-state index in [1.165, 1.54) is 0 Å². The summed E-state index contributed by atoms with van der Waals surface area (Å²) in [7, 11) is -3.20. The Kier molecular flexibility index (Phi) is 5.69. The second kappa shape index (κ2) is 8.31. The van der Waals surface area contributed by atoms with Gasteiger partial charge in [0.15, 0.2) is 9.84 Å². The third-order valence-electron chi connectivity index (χ3n) is 5.65. The van der Waals surface area contributed by atoms with Crippen LogP contribution in [0.2, 0.25) is 0 Å². The molecule has 1 N–H and O–H groups in total. The maximum atomic E-state index is 12.4. The summed E-state index contributed by atoms with van der Waals surface area (Å²) >= 11 is 0. The van der Waals surface area contributed by atoms with Crippen molar-refractivity contribution < 1.29 is 13.2 Å². The van der Waals surface area contributed by atoms with Crippen LogP contribution in [0.15, 0.2) is 59.7 Å². The maximum absolute atomic E-state index is 12.4. The van der Waals surface area contributed by atoms with Crippen molar-refractivity contribution in [1.29, 1.82) is 0 Å². The minimum absolute atomic E-state index is 0.0525. The largest absolute Gasteiger partial charge is 0.456 e. The first kappa shape index (κ1) is 21.9. The molecule has 0 unspecified atom stereocenters. The number of H-pyrrole nitrogens is 1. The van der Waals surface area contributed by atoms with Gasteiger partial charge in [0.25, 0.3) is 5.56 Å². The molecule has 0 spiro atoms. The Balaban J connectivity index is 1.94. The normalized spacial score (nSPS) is 11.8. The second-order valence-corrected chi connectivity index (χ2v) is 10.4. The lowest BCUT2D eigenvalue weighted by atomic mass is 10.1. The van der Waals surface area contributed by atoms with Gasteiger partial charge in [-0.1, -0.05) is 31.2 Å². The first-order valence-corrected chi connectivity index (χ1v) is 12.3. The molecule has 2 aromatic heterocycles. The fourth-order valence-corrected chi connectivity index (χ4v) is 4.83. The van der Waals surface area contributed by atoms with Crippen LogP contribution >= 0.6 is 0 Å². The van der Waals surface area contributed by atoms with Crippen molar-refractivity contribution in [2.75, 3.05) is 5.75 Å². The minimum Gasteiger partial charge on any atom is -0.456 e. The van der Waals surface area contributed by atoms with Crippen LogP contribution in [0.1, 0.15) is 29.2 Å². The lowest BCUT2D eigenvalue weighted by Crippen LogP contribution is -2.09. The number of aromatic amines is 1. The van der Waals surface area contributed by atoms with Gasteiger partial charge in [-0.05, 0) is 61.2 Å². The number of hydrogen-bond donors (Lipinski definition) is 1. The maximum Gasteiger partial charge on any atom is 0.272 e. The highest BCUT2D eigenvalue weighted by Crippen LogP contribution is 2.38. The standard InChI is InChI=1S/C25H26N2O4S/c1-5-32(29,30)15-19-9-10-22(31-24-16(2)7-6-8-17(24)3)20(14-19)21-13-18(4)23-25(28)26-11-12-27(21)23/h6-14H,5,15H2,1-4H3,(H,26,28). The molecule has 4 rings (SSSR count). The SMILES string of the molecule is CCS(=O)(=O)Cc1ccc(Oc2c(C)cccc2C)c(-c2cc(C)c3c(=O)[nH]ccn23)c1. The highest BCUT2D eigenvalue weighted by molar-refractivity contribution is 7.90. The summed E-state index contributed by atoms with van der Waals surface area (Å²) in [6.45, 7) is 7.50. The number of aryl methyl sites for hydroxylation is 3. The van der Waals surface area contributed by atoms with E-state index in [0.717, 1.165) is 33.7 Å². The van der Waals surface area contributed by atoms with E-state index in [1.807, 2.05) is 61.6 Å². The number of ether oxygens (including phenoxy) is 1. The molecule has 4 aromatic rings. The van der Waals surface area contributed by atoms with Crippen molar-refractivity contribution in [2.24, 2.45) is 0 Å². The average Bonchev–Trinajstić information content (AvgIpc) is 3.09. The average molecular weight is 451 g/mol. The van der Waals surface area contributed by atoms with Crippen LogP contribution in [0.3, 0.4) is 0 Å². The number of fused-ring (bicyclic) bond motifs is 1. The molecule has 0 amide bonds. The number of hydrogen-bond acceptors (Lipinski definition) is 4. The molecule has 0 saturated carbocycles. The molecular formula is C25H26N2O4S. The van der Waals surface area contributed by atoms with Gasteiger partial charge in [0, 0.05) is 23.7 Å². The Bertz CT molecular complexity index is 1460. The fraction of sp³-hybridized carbons (Fsp3) is 0.240. The summed E-state index contributed by atoms with van der Waals surface area (Å²) in [5.74, 6) is 1.38. The van der Waals surface area contributed by atoms with Gasteiger partial charge in [-0.2, -0.15) is 0 Å². The third-order valence-corrected chi connectivity index (χ3v) is 7.30. The van der Waals surface area contributed by atoms with Gasteiger partial charge in [0.05, 0.1) is 11.4 Å². The molecule has 0 atom stereocenters. The van der Waals surface area contributed by atoms with Crippen LogP contribution in [0.4, 0.5) is 0 Å². The van der Waals surface area contributed by atoms with Gasteiger partial charge in [-0.25, -0.2) is 8.42 Å². The monoisotopic (exact) mass is 450 g/mol. The molecule has 0 aliphatic heterocycles. The van der Waals surface area contributed by atoms with Crippen molar-refractivity contribution in [1.82, 2.24) is 9.38 Å². The summed E-state index contributed by atoms with van der Waals surface area (Å²) in [5, 5.41) is 0. The van der Waals surface area contributed by atoms with Gasteiger partial charge in [0.1, 0.15) is 17.0 Å². The Hall–Kier alpha value is -3.32. The van der Waals surface area contributed by atoms with E-state index in [4.69, 9.17) is 4.74 Å². The number of aromatic nitrogens is 2. The molecule has 0 bridgehead atoms. The van der Waals surface area contributed by atoms with E-state index in [2.05, 4.69) is 4.98 Å². The zero-order chi connectivity index (χ0) is 23.0. The van der Waals surface area contributed by atoms with Crippen LogP contribution in [0, 0.1) is 20.8 Å². The van der Waals surface area contributed by atoms with Crippen LogP contribution in [-0.2, 0) is 15.6 Å². The van der Waals surface area contributed by atoms with Crippen LogP contribution in [0.5, 0.6) is 11.5 Å². The Morgan fingerprint density at radius 3 is 2.41 bits per heavy atom. The predicted molar refractivity (Wildman–Crippen MR) is 127 cm³/mol. The summed E-state index contributed by atoms with van der Waals surface area (Å²) in [5.41, 5.74) is 5.36. The molecule has 2 aromatic carbocycles. The van der Waals surface area contributed by atoms with Crippen molar-refractivity contribution in [2.45, 2.75) is 33.4 Å². The molecule has 2 heterocycles. The first-order valence-electron chi connectivity index (χ1n) is 10.5. The van der Waals surface area contributed by atoms with E-state index in [9.17, 15) is 13.2 Å². The highest BCUT2D eigenvalue weighted by atomic mass is 32.2. The van der Waals surface area contributed by atoms with Gasteiger partial charge in [-0.15, -0.1) is 0 Å². The molecule has 6 nitrogen and oxygen atoms in total. The van der Waals surface area contributed by atoms with E-state index in [1.54, 1.807) is 25.4 Å². The van der Waals surface area contributed by atoms with Crippen LogP contribution in [0.25, 0.3) is 16.8 Å².